The van der Waals surface area contributed by atoms with Gasteiger partial charge in [-0.15, -0.1) is 0 Å². The third-order valence-corrected chi connectivity index (χ3v) is 5.74. The standard InChI is InChI=1S/C25H29IN2O6/c1-32-18-22(29)28(19-12-6-5-7-13-19)23(20-14-8-9-15-21(20)26)24(30)27-16-10-3-4-11-17-34-25(31)33-2/h4-9,11-15,23H,3,10,16-18H2,1-2H3,(H,27,30)/b11-4+. The molecule has 182 valence electrons. The van der Waals surface area contributed by atoms with E-state index in [1.54, 1.807) is 18.2 Å². The van der Waals surface area contributed by atoms with Gasteiger partial charge in [0.1, 0.15) is 19.3 Å². The van der Waals surface area contributed by atoms with Gasteiger partial charge < -0.3 is 19.5 Å². The molecule has 2 aromatic carbocycles. The normalized spacial score (nSPS) is 11.6. The van der Waals surface area contributed by atoms with Crippen LogP contribution < -0.4 is 10.2 Å². The lowest BCUT2D eigenvalue weighted by molar-refractivity contribution is -0.128. The summed E-state index contributed by atoms with van der Waals surface area (Å²) in [5.74, 6) is -0.600. The average molecular weight is 580 g/mol. The van der Waals surface area contributed by atoms with Crippen molar-refractivity contribution in [3.05, 3.63) is 75.9 Å². The summed E-state index contributed by atoms with van der Waals surface area (Å²) in [4.78, 5) is 38.9. The van der Waals surface area contributed by atoms with Crippen molar-refractivity contribution >= 4 is 46.2 Å². The number of carbonyl (C=O) groups excluding carboxylic acids is 3. The second kappa shape index (κ2) is 15.1. The van der Waals surface area contributed by atoms with E-state index < -0.39 is 12.2 Å². The molecule has 0 heterocycles. The van der Waals surface area contributed by atoms with Crippen molar-refractivity contribution in [3.63, 3.8) is 0 Å². The number of methoxy groups -OCH3 is 2. The average Bonchev–Trinajstić information content (AvgIpc) is 2.85. The minimum Gasteiger partial charge on any atom is -0.438 e. The fourth-order valence-electron chi connectivity index (χ4n) is 3.20. The van der Waals surface area contributed by atoms with Crippen molar-refractivity contribution in [2.45, 2.75) is 18.9 Å². The van der Waals surface area contributed by atoms with Gasteiger partial charge >= 0.3 is 6.16 Å². The van der Waals surface area contributed by atoms with E-state index in [2.05, 4.69) is 32.6 Å². The number of halogens is 1. The third-order valence-electron chi connectivity index (χ3n) is 4.75. The molecule has 8 nitrogen and oxygen atoms in total. The van der Waals surface area contributed by atoms with Crippen LogP contribution in [-0.4, -0.2) is 51.9 Å². The molecule has 0 aliphatic carbocycles. The predicted molar refractivity (Wildman–Crippen MR) is 137 cm³/mol. The quantitative estimate of drug-likeness (QED) is 0.175. The van der Waals surface area contributed by atoms with Gasteiger partial charge in [0, 0.05) is 22.9 Å². The van der Waals surface area contributed by atoms with Gasteiger partial charge in [-0.1, -0.05) is 48.6 Å². The van der Waals surface area contributed by atoms with Crippen molar-refractivity contribution in [1.29, 1.82) is 0 Å². The van der Waals surface area contributed by atoms with E-state index in [0.29, 0.717) is 25.1 Å². The smallest absolute Gasteiger partial charge is 0.438 e. The topological polar surface area (TPSA) is 94.2 Å². The molecule has 0 aliphatic rings. The van der Waals surface area contributed by atoms with Crippen molar-refractivity contribution in [2.75, 3.05) is 38.9 Å². The van der Waals surface area contributed by atoms with Crippen molar-refractivity contribution < 1.29 is 28.6 Å². The highest BCUT2D eigenvalue weighted by Crippen LogP contribution is 2.30. The Labute approximate surface area is 213 Å². The number of benzene rings is 2. The molecule has 0 radical (unpaired) electrons. The zero-order valence-corrected chi connectivity index (χ0v) is 21.4. The van der Waals surface area contributed by atoms with Crippen LogP contribution in [0.3, 0.4) is 0 Å². The van der Waals surface area contributed by atoms with E-state index >= 15 is 0 Å². The van der Waals surface area contributed by atoms with Gasteiger partial charge in [0.25, 0.3) is 5.91 Å². The number of anilines is 1. The zero-order valence-electron chi connectivity index (χ0n) is 19.2. The number of ether oxygens (including phenoxy) is 3. The maximum absolute atomic E-state index is 13.4. The van der Waals surface area contributed by atoms with Crippen LogP contribution in [0.5, 0.6) is 0 Å². The van der Waals surface area contributed by atoms with Crippen LogP contribution >= 0.6 is 22.6 Å². The molecule has 34 heavy (non-hydrogen) atoms. The Balaban J connectivity index is 2.15. The molecule has 0 fully saturated rings. The number of hydrogen-bond acceptors (Lipinski definition) is 6. The van der Waals surface area contributed by atoms with Gasteiger partial charge in [-0.05, 0) is 59.2 Å². The van der Waals surface area contributed by atoms with Crippen LogP contribution in [0, 0.1) is 3.57 Å². The monoisotopic (exact) mass is 580 g/mol. The van der Waals surface area contributed by atoms with Gasteiger partial charge in [0.2, 0.25) is 5.91 Å². The van der Waals surface area contributed by atoms with Crippen LogP contribution in [0.25, 0.3) is 0 Å². The Morgan fingerprint density at radius 3 is 2.41 bits per heavy atom. The summed E-state index contributed by atoms with van der Waals surface area (Å²) in [6.07, 6.45) is 4.21. The molecule has 0 saturated heterocycles. The molecule has 1 unspecified atom stereocenters. The molecular formula is C25H29IN2O6. The van der Waals surface area contributed by atoms with Crippen molar-refractivity contribution in [1.82, 2.24) is 5.32 Å². The lowest BCUT2D eigenvalue weighted by Gasteiger charge is -2.32. The number of amides is 2. The van der Waals surface area contributed by atoms with Crippen LogP contribution in [0.1, 0.15) is 24.4 Å². The number of nitrogens with one attached hydrogen (secondary N) is 1. The van der Waals surface area contributed by atoms with Gasteiger partial charge in [-0.3, -0.25) is 14.5 Å². The van der Waals surface area contributed by atoms with E-state index in [1.165, 1.54) is 19.1 Å². The van der Waals surface area contributed by atoms with Crippen LogP contribution in [0.15, 0.2) is 66.7 Å². The molecule has 0 aliphatic heterocycles. The summed E-state index contributed by atoms with van der Waals surface area (Å²) < 4.78 is 15.1. The number of rotatable bonds is 12. The molecule has 9 heteroatoms. The number of allylic oxidation sites excluding steroid dienone is 1. The Kier molecular flexibility index (Phi) is 12.1. The number of para-hydroxylation sites is 1. The van der Waals surface area contributed by atoms with E-state index in [0.717, 1.165) is 9.13 Å². The molecule has 1 atom stereocenters. The van der Waals surface area contributed by atoms with Crippen molar-refractivity contribution in [3.8, 4) is 0 Å². The van der Waals surface area contributed by atoms with Gasteiger partial charge in [-0.2, -0.15) is 0 Å². The number of nitrogens with zero attached hydrogens (tertiary/aromatic N) is 1. The second-order valence-electron chi connectivity index (χ2n) is 7.13. The Bertz CT molecular complexity index is 967. The third kappa shape index (κ3) is 8.45. The van der Waals surface area contributed by atoms with Crippen LogP contribution in [-0.2, 0) is 23.8 Å². The van der Waals surface area contributed by atoms with Gasteiger partial charge in [-0.25, -0.2) is 4.79 Å². The molecule has 2 amide bonds. The van der Waals surface area contributed by atoms with E-state index in [1.807, 2.05) is 48.5 Å². The molecule has 2 aromatic rings. The Morgan fingerprint density at radius 1 is 1.03 bits per heavy atom. The first-order valence-corrected chi connectivity index (χ1v) is 11.8. The first-order chi connectivity index (χ1) is 16.5. The van der Waals surface area contributed by atoms with Crippen LogP contribution in [0.4, 0.5) is 10.5 Å². The van der Waals surface area contributed by atoms with E-state index in [-0.39, 0.29) is 25.0 Å². The summed E-state index contributed by atoms with van der Waals surface area (Å²) in [6.45, 7) is 0.393. The molecule has 0 saturated carbocycles. The number of hydrogen-bond donors (Lipinski definition) is 1. The molecule has 0 bridgehead atoms. The summed E-state index contributed by atoms with van der Waals surface area (Å²) in [5, 5.41) is 2.96. The minimum absolute atomic E-state index is 0.126. The van der Waals surface area contributed by atoms with E-state index in [9.17, 15) is 14.4 Å². The largest absolute Gasteiger partial charge is 0.508 e. The Hall–Kier alpha value is -2.92. The summed E-state index contributed by atoms with van der Waals surface area (Å²) in [6, 6.07) is 15.7. The minimum atomic E-state index is -0.859. The summed E-state index contributed by atoms with van der Waals surface area (Å²) >= 11 is 2.17. The maximum atomic E-state index is 13.4. The fourth-order valence-corrected chi connectivity index (χ4v) is 3.88. The fraction of sp³-hybridized carbons (Fsp3) is 0.320. The lowest BCUT2D eigenvalue weighted by Crippen LogP contribution is -2.45. The SMILES string of the molecule is COCC(=O)N(c1ccccc1)C(C(=O)NCCC/C=C/COC(=O)OC)c1ccccc1I. The highest BCUT2D eigenvalue weighted by Gasteiger charge is 2.33. The first kappa shape index (κ1) is 27.3. The predicted octanol–water partition coefficient (Wildman–Crippen LogP) is 4.25. The van der Waals surface area contributed by atoms with Crippen molar-refractivity contribution in [2.24, 2.45) is 0 Å². The van der Waals surface area contributed by atoms with Gasteiger partial charge in [0.15, 0.2) is 0 Å². The lowest BCUT2D eigenvalue weighted by atomic mass is 10.0. The highest BCUT2D eigenvalue weighted by atomic mass is 127. The molecule has 2 rings (SSSR count). The summed E-state index contributed by atoms with van der Waals surface area (Å²) in [7, 11) is 2.70. The molecule has 0 spiro atoms. The zero-order chi connectivity index (χ0) is 24.8. The summed E-state index contributed by atoms with van der Waals surface area (Å²) in [5.41, 5.74) is 1.34. The maximum Gasteiger partial charge on any atom is 0.508 e. The van der Waals surface area contributed by atoms with Gasteiger partial charge in [0.05, 0.1) is 7.11 Å². The molecule has 1 N–H and O–H groups in total. The van der Waals surface area contributed by atoms with Crippen LogP contribution in [0.2, 0.25) is 0 Å². The van der Waals surface area contributed by atoms with E-state index in [4.69, 9.17) is 9.47 Å². The Morgan fingerprint density at radius 2 is 1.74 bits per heavy atom. The molecule has 0 aromatic heterocycles. The highest BCUT2D eigenvalue weighted by molar-refractivity contribution is 14.1. The second-order valence-corrected chi connectivity index (χ2v) is 8.29. The molecular weight excluding hydrogens is 551 g/mol. The number of unbranched alkanes of at least 4 members (excludes halogenated alkanes) is 1. The number of carbonyl (C=O) groups is 3. The first-order valence-electron chi connectivity index (χ1n) is 10.7.